The molecule has 0 fully saturated rings. The van der Waals surface area contributed by atoms with Crippen molar-refractivity contribution >= 4 is 0 Å². The highest BCUT2D eigenvalue weighted by atomic mass is 15.3. The van der Waals surface area contributed by atoms with Crippen molar-refractivity contribution in [2.45, 2.75) is 32.9 Å². The minimum atomic E-state index is 0.478. The predicted octanol–water partition coefficient (Wildman–Crippen LogP) is 0.912. The van der Waals surface area contributed by atoms with E-state index in [4.69, 9.17) is 0 Å². The Balaban J connectivity index is 2.49. The summed E-state index contributed by atoms with van der Waals surface area (Å²) in [4.78, 5) is 3.92. The van der Waals surface area contributed by atoms with Crippen molar-refractivity contribution in [3.8, 4) is 0 Å². The van der Waals surface area contributed by atoms with Crippen LogP contribution in [0.2, 0.25) is 0 Å². The molecule has 13 heavy (non-hydrogen) atoms. The Morgan fingerprint density at radius 3 is 2.77 bits per heavy atom. The lowest BCUT2D eigenvalue weighted by Crippen LogP contribution is -2.36. The van der Waals surface area contributed by atoms with Gasteiger partial charge in [0.05, 0.1) is 6.54 Å². The molecule has 0 saturated carbocycles. The molecule has 1 N–H and O–H groups in total. The van der Waals surface area contributed by atoms with Crippen LogP contribution in [0.5, 0.6) is 0 Å². The minimum absolute atomic E-state index is 0.478. The van der Waals surface area contributed by atoms with Gasteiger partial charge < -0.3 is 5.32 Å². The zero-order valence-corrected chi connectivity index (χ0v) is 8.57. The summed E-state index contributed by atoms with van der Waals surface area (Å²) in [6.45, 7) is 5.35. The maximum absolute atomic E-state index is 4.09. The van der Waals surface area contributed by atoms with E-state index in [9.17, 15) is 0 Å². The van der Waals surface area contributed by atoms with E-state index in [-0.39, 0.29) is 0 Å². The number of nitrogens with one attached hydrogen (secondary N) is 1. The van der Waals surface area contributed by atoms with Gasteiger partial charge in [0.1, 0.15) is 12.7 Å². The first-order valence-corrected chi connectivity index (χ1v) is 4.77. The van der Waals surface area contributed by atoms with Crippen LogP contribution in [0, 0.1) is 5.92 Å². The molecule has 74 valence electrons. The maximum atomic E-state index is 4.09. The average Bonchev–Trinajstić information content (AvgIpc) is 2.65. The Kier molecular flexibility index (Phi) is 3.89. The van der Waals surface area contributed by atoms with Crippen LogP contribution in [0.15, 0.2) is 12.7 Å². The summed E-state index contributed by atoms with van der Waals surface area (Å²) >= 11 is 0. The van der Waals surface area contributed by atoms with E-state index in [2.05, 4.69) is 29.2 Å². The van der Waals surface area contributed by atoms with Crippen LogP contribution < -0.4 is 5.32 Å². The fraction of sp³-hybridized carbons (Fsp3) is 0.778. The fourth-order valence-corrected chi connectivity index (χ4v) is 1.37. The first-order chi connectivity index (χ1) is 6.27. The number of hydrogen-bond acceptors (Lipinski definition) is 3. The normalized spacial score (nSPS) is 15.6. The van der Waals surface area contributed by atoms with Gasteiger partial charge in [-0.3, -0.25) is 4.68 Å². The van der Waals surface area contributed by atoms with Crippen LogP contribution in [0.3, 0.4) is 0 Å². The first kappa shape index (κ1) is 10.2. The second-order valence-corrected chi connectivity index (χ2v) is 3.40. The molecule has 1 heterocycles. The molecule has 4 nitrogen and oxygen atoms in total. The summed E-state index contributed by atoms with van der Waals surface area (Å²) in [6, 6.07) is 0.478. The van der Waals surface area contributed by atoms with Crippen molar-refractivity contribution < 1.29 is 0 Å². The first-order valence-electron chi connectivity index (χ1n) is 4.77. The monoisotopic (exact) mass is 182 g/mol. The van der Waals surface area contributed by atoms with Gasteiger partial charge in [0.25, 0.3) is 0 Å². The summed E-state index contributed by atoms with van der Waals surface area (Å²) in [5.41, 5.74) is 0. The Morgan fingerprint density at radius 1 is 1.54 bits per heavy atom. The summed E-state index contributed by atoms with van der Waals surface area (Å²) in [5.74, 6) is 0.661. The summed E-state index contributed by atoms with van der Waals surface area (Å²) in [6.07, 6.45) is 4.51. The van der Waals surface area contributed by atoms with Gasteiger partial charge in [-0.1, -0.05) is 20.3 Å². The van der Waals surface area contributed by atoms with Gasteiger partial charge in [-0.05, 0) is 13.0 Å². The smallest absolute Gasteiger partial charge is 0.137 e. The van der Waals surface area contributed by atoms with E-state index in [1.807, 2.05) is 11.7 Å². The second kappa shape index (κ2) is 4.97. The number of hydrogen-bond donors (Lipinski definition) is 1. The van der Waals surface area contributed by atoms with E-state index in [1.165, 1.54) is 6.42 Å². The third-order valence-electron chi connectivity index (χ3n) is 2.55. The molecule has 0 aliphatic carbocycles. The van der Waals surface area contributed by atoms with Crippen LogP contribution in [-0.4, -0.2) is 27.9 Å². The summed E-state index contributed by atoms with van der Waals surface area (Å²) in [5, 5.41) is 7.39. The van der Waals surface area contributed by atoms with Gasteiger partial charge in [0.15, 0.2) is 0 Å². The summed E-state index contributed by atoms with van der Waals surface area (Å²) in [7, 11) is 1.99. The summed E-state index contributed by atoms with van der Waals surface area (Å²) < 4.78 is 1.87. The van der Waals surface area contributed by atoms with Crippen molar-refractivity contribution in [1.29, 1.82) is 0 Å². The van der Waals surface area contributed by atoms with Crippen LogP contribution >= 0.6 is 0 Å². The molecule has 0 aromatic carbocycles. The van der Waals surface area contributed by atoms with Crippen molar-refractivity contribution in [1.82, 2.24) is 20.1 Å². The molecule has 2 atom stereocenters. The highest BCUT2D eigenvalue weighted by Crippen LogP contribution is 2.08. The molecule has 1 aromatic heterocycles. The van der Waals surface area contributed by atoms with Gasteiger partial charge in [-0.25, -0.2) is 4.98 Å². The van der Waals surface area contributed by atoms with E-state index in [0.29, 0.717) is 12.0 Å². The van der Waals surface area contributed by atoms with Crippen molar-refractivity contribution in [3.63, 3.8) is 0 Å². The molecule has 2 unspecified atom stereocenters. The van der Waals surface area contributed by atoms with Gasteiger partial charge in [0, 0.05) is 6.04 Å². The molecule has 0 spiro atoms. The minimum Gasteiger partial charge on any atom is -0.315 e. The zero-order chi connectivity index (χ0) is 9.68. The largest absolute Gasteiger partial charge is 0.315 e. The molecule has 0 saturated heterocycles. The van der Waals surface area contributed by atoms with Crippen LogP contribution in [0.4, 0.5) is 0 Å². The van der Waals surface area contributed by atoms with Crippen LogP contribution in [0.25, 0.3) is 0 Å². The SMILES string of the molecule is CCC(C)C(Cn1cncn1)NC. The molecule has 1 rings (SSSR count). The lowest BCUT2D eigenvalue weighted by molar-refractivity contribution is 0.335. The maximum Gasteiger partial charge on any atom is 0.137 e. The Morgan fingerprint density at radius 2 is 2.31 bits per heavy atom. The average molecular weight is 182 g/mol. The van der Waals surface area contributed by atoms with Crippen molar-refractivity contribution in [3.05, 3.63) is 12.7 Å². The van der Waals surface area contributed by atoms with E-state index < -0.39 is 0 Å². The third-order valence-corrected chi connectivity index (χ3v) is 2.55. The van der Waals surface area contributed by atoms with Gasteiger partial charge in [-0.2, -0.15) is 5.10 Å². The molecule has 0 bridgehead atoms. The van der Waals surface area contributed by atoms with Crippen LogP contribution in [-0.2, 0) is 6.54 Å². The zero-order valence-electron chi connectivity index (χ0n) is 8.57. The molecular formula is C9H18N4. The molecular weight excluding hydrogens is 164 g/mol. The Bertz CT molecular complexity index is 220. The van der Waals surface area contributed by atoms with Gasteiger partial charge >= 0.3 is 0 Å². The number of nitrogens with zero attached hydrogens (tertiary/aromatic N) is 3. The van der Waals surface area contributed by atoms with E-state index in [1.54, 1.807) is 12.7 Å². The molecule has 0 aliphatic heterocycles. The molecule has 4 heteroatoms. The third kappa shape index (κ3) is 2.81. The Labute approximate surface area is 79.4 Å². The lowest BCUT2D eigenvalue weighted by atomic mass is 9.99. The fourth-order valence-electron chi connectivity index (χ4n) is 1.37. The molecule has 0 radical (unpaired) electrons. The van der Waals surface area contributed by atoms with Crippen molar-refractivity contribution in [2.75, 3.05) is 7.05 Å². The molecule has 0 aliphatic rings. The molecule has 0 amide bonds. The lowest BCUT2D eigenvalue weighted by Gasteiger charge is -2.21. The van der Waals surface area contributed by atoms with E-state index in [0.717, 1.165) is 6.54 Å². The standard InChI is InChI=1S/C9H18N4/c1-4-8(2)9(10-3)5-13-7-11-6-12-13/h6-10H,4-5H2,1-3H3. The quantitative estimate of drug-likeness (QED) is 0.736. The van der Waals surface area contributed by atoms with Gasteiger partial charge in [0.2, 0.25) is 0 Å². The van der Waals surface area contributed by atoms with E-state index >= 15 is 0 Å². The predicted molar refractivity (Wildman–Crippen MR) is 52.3 cm³/mol. The second-order valence-electron chi connectivity index (χ2n) is 3.40. The van der Waals surface area contributed by atoms with Crippen LogP contribution in [0.1, 0.15) is 20.3 Å². The highest BCUT2D eigenvalue weighted by molar-refractivity contribution is 4.71. The molecule has 1 aromatic rings. The van der Waals surface area contributed by atoms with Gasteiger partial charge in [-0.15, -0.1) is 0 Å². The highest BCUT2D eigenvalue weighted by Gasteiger charge is 2.13. The topological polar surface area (TPSA) is 42.7 Å². The van der Waals surface area contributed by atoms with Crippen molar-refractivity contribution in [2.24, 2.45) is 5.92 Å². The Hall–Kier alpha value is -0.900. The number of aromatic nitrogens is 3. The number of rotatable bonds is 5. The number of likely N-dealkylation sites (N-methyl/N-ethyl adjacent to an activating group) is 1.